The van der Waals surface area contributed by atoms with Gasteiger partial charge in [0, 0.05) is 11.1 Å². The van der Waals surface area contributed by atoms with E-state index < -0.39 is 36.7 Å². The van der Waals surface area contributed by atoms with Gasteiger partial charge in [-0.05, 0) is 26.0 Å². The Morgan fingerprint density at radius 2 is 0.967 bits per heavy atom. The van der Waals surface area contributed by atoms with E-state index >= 15 is 0 Å². The van der Waals surface area contributed by atoms with E-state index in [9.17, 15) is 19.2 Å². The first-order valence-electron chi connectivity index (χ1n) is 9.20. The summed E-state index contributed by atoms with van der Waals surface area (Å²) in [6.45, 7) is 3.28. The van der Waals surface area contributed by atoms with E-state index in [2.05, 4.69) is 0 Å². The van der Waals surface area contributed by atoms with Crippen molar-refractivity contribution in [3.63, 3.8) is 0 Å². The molecule has 0 saturated heterocycles. The molecule has 0 aliphatic rings. The summed E-state index contributed by atoms with van der Waals surface area (Å²) in [4.78, 5) is 46.1. The maximum atomic E-state index is 11.7. The summed E-state index contributed by atoms with van der Waals surface area (Å²) in [5, 5.41) is 0. The van der Waals surface area contributed by atoms with E-state index in [4.69, 9.17) is 28.4 Å². The zero-order valence-corrected chi connectivity index (χ0v) is 17.5. The van der Waals surface area contributed by atoms with Crippen LogP contribution in [-0.4, -0.2) is 51.3 Å². The largest absolute Gasteiger partial charge is 0.496 e. The standard InChI is InChI=1S/C20H26O10/c1-5-27-17(21)9-19(23)29-11-13-7-16(26-4)14(8-15(13)25-3)12-30-20(24)10-18(22)28-6-2/h7-8H,5-6,9-12H2,1-4H3. The molecule has 0 bridgehead atoms. The fourth-order valence-electron chi connectivity index (χ4n) is 2.33. The molecule has 0 unspecified atom stereocenters. The van der Waals surface area contributed by atoms with Gasteiger partial charge in [0.05, 0.1) is 27.4 Å². The van der Waals surface area contributed by atoms with Crippen molar-refractivity contribution in [2.24, 2.45) is 0 Å². The van der Waals surface area contributed by atoms with Crippen molar-refractivity contribution in [3.8, 4) is 11.5 Å². The Balaban J connectivity index is 2.79. The summed E-state index contributed by atoms with van der Waals surface area (Å²) in [7, 11) is 2.84. The summed E-state index contributed by atoms with van der Waals surface area (Å²) in [6.07, 6.45) is -0.996. The highest BCUT2D eigenvalue weighted by Gasteiger charge is 2.17. The first-order valence-corrected chi connectivity index (χ1v) is 9.20. The SMILES string of the molecule is CCOC(=O)CC(=O)OCc1cc(OC)c(COC(=O)CC(=O)OCC)cc1OC. The topological polar surface area (TPSA) is 124 Å². The van der Waals surface area contributed by atoms with Gasteiger partial charge in [-0.2, -0.15) is 0 Å². The molecule has 1 aromatic carbocycles. The lowest BCUT2D eigenvalue weighted by molar-refractivity contribution is -0.157. The van der Waals surface area contributed by atoms with Gasteiger partial charge in [0.1, 0.15) is 37.6 Å². The maximum Gasteiger partial charge on any atom is 0.317 e. The second-order valence-corrected chi connectivity index (χ2v) is 5.76. The molecule has 0 aromatic heterocycles. The molecular weight excluding hydrogens is 400 g/mol. The van der Waals surface area contributed by atoms with Crippen LogP contribution in [0.1, 0.15) is 37.8 Å². The molecule has 1 aromatic rings. The number of benzene rings is 1. The summed E-state index contributed by atoms with van der Waals surface area (Å²) in [6, 6.07) is 3.12. The number of esters is 4. The van der Waals surface area contributed by atoms with Crippen LogP contribution in [0.15, 0.2) is 12.1 Å². The van der Waals surface area contributed by atoms with E-state index in [1.165, 1.54) is 14.2 Å². The van der Waals surface area contributed by atoms with Crippen LogP contribution in [0, 0.1) is 0 Å². The second kappa shape index (κ2) is 13.0. The number of carbonyl (C=O) groups is 4. The van der Waals surface area contributed by atoms with Gasteiger partial charge in [0.25, 0.3) is 0 Å². The van der Waals surface area contributed by atoms with Crippen molar-refractivity contribution in [2.45, 2.75) is 39.9 Å². The van der Waals surface area contributed by atoms with Gasteiger partial charge in [0.2, 0.25) is 0 Å². The minimum atomic E-state index is -0.744. The summed E-state index contributed by atoms with van der Waals surface area (Å²) in [5.41, 5.74) is 0.960. The minimum Gasteiger partial charge on any atom is -0.496 e. The highest BCUT2D eigenvalue weighted by molar-refractivity contribution is 5.91. The fraction of sp³-hybridized carbons (Fsp3) is 0.500. The molecule has 0 N–H and O–H groups in total. The van der Waals surface area contributed by atoms with Crippen LogP contribution in [0.3, 0.4) is 0 Å². The molecule has 0 saturated carbocycles. The Hall–Kier alpha value is -3.30. The van der Waals surface area contributed by atoms with Crippen LogP contribution in [0.25, 0.3) is 0 Å². The Morgan fingerprint density at radius 3 is 1.27 bits per heavy atom. The molecule has 0 atom stereocenters. The molecule has 0 aliphatic carbocycles. The monoisotopic (exact) mass is 426 g/mol. The molecule has 10 heteroatoms. The second-order valence-electron chi connectivity index (χ2n) is 5.76. The lowest BCUT2D eigenvalue weighted by atomic mass is 10.1. The average Bonchev–Trinajstić information content (AvgIpc) is 2.70. The van der Waals surface area contributed by atoms with Crippen molar-refractivity contribution in [1.82, 2.24) is 0 Å². The summed E-state index contributed by atoms with van der Waals surface area (Å²) < 4.78 is 30.1. The Labute approximate surface area is 174 Å². The first kappa shape index (κ1) is 24.7. The molecule has 10 nitrogen and oxygen atoms in total. The molecule has 166 valence electrons. The van der Waals surface area contributed by atoms with E-state index in [0.717, 1.165) is 0 Å². The van der Waals surface area contributed by atoms with Crippen molar-refractivity contribution in [1.29, 1.82) is 0 Å². The molecule has 0 fully saturated rings. The van der Waals surface area contributed by atoms with Crippen molar-refractivity contribution >= 4 is 23.9 Å². The Bertz CT molecular complexity index is 692. The predicted octanol–water partition coefficient (Wildman–Crippen LogP) is 1.70. The summed E-state index contributed by atoms with van der Waals surface area (Å²) in [5.74, 6) is -2.12. The third kappa shape index (κ3) is 8.38. The van der Waals surface area contributed by atoms with Crippen LogP contribution >= 0.6 is 0 Å². The predicted molar refractivity (Wildman–Crippen MR) is 102 cm³/mol. The lowest BCUT2D eigenvalue weighted by Gasteiger charge is -2.15. The molecule has 30 heavy (non-hydrogen) atoms. The Kier molecular flexibility index (Phi) is 10.7. The van der Waals surface area contributed by atoms with E-state index in [1.807, 2.05) is 0 Å². The van der Waals surface area contributed by atoms with Crippen LogP contribution in [0.5, 0.6) is 11.5 Å². The smallest absolute Gasteiger partial charge is 0.317 e. The van der Waals surface area contributed by atoms with Gasteiger partial charge in [-0.1, -0.05) is 0 Å². The van der Waals surface area contributed by atoms with Gasteiger partial charge in [-0.15, -0.1) is 0 Å². The van der Waals surface area contributed by atoms with Crippen LogP contribution in [0.4, 0.5) is 0 Å². The van der Waals surface area contributed by atoms with Gasteiger partial charge in [-0.3, -0.25) is 19.2 Å². The number of carbonyl (C=O) groups excluding carboxylic acids is 4. The highest BCUT2D eigenvalue weighted by atomic mass is 16.6. The van der Waals surface area contributed by atoms with Crippen molar-refractivity contribution in [3.05, 3.63) is 23.3 Å². The molecule has 0 heterocycles. The zero-order valence-electron chi connectivity index (χ0n) is 17.5. The highest BCUT2D eigenvalue weighted by Crippen LogP contribution is 2.30. The fourth-order valence-corrected chi connectivity index (χ4v) is 2.33. The van der Waals surface area contributed by atoms with E-state index in [1.54, 1.807) is 26.0 Å². The molecule has 1 rings (SSSR count). The number of hydrogen-bond donors (Lipinski definition) is 0. The van der Waals surface area contributed by atoms with E-state index in [0.29, 0.717) is 22.6 Å². The van der Waals surface area contributed by atoms with Crippen molar-refractivity contribution < 1.29 is 47.6 Å². The average molecular weight is 426 g/mol. The number of ether oxygens (including phenoxy) is 6. The lowest BCUT2D eigenvalue weighted by Crippen LogP contribution is -2.14. The maximum absolute atomic E-state index is 11.7. The van der Waals surface area contributed by atoms with Gasteiger partial charge in [-0.25, -0.2) is 0 Å². The van der Waals surface area contributed by atoms with Gasteiger partial charge < -0.3 is 28.4 Å². The zero-order chi connectivity index (χ0) is 22.5. The molecule has 0 radical (unpaired) electrons. The number of rotatable bonds is 12. The third-order valence-corrected chi connectivity index (χ3v) is 3.65. The molecule has 0 spiro atoms. The number of methoxy groups -OCH3 is 2. The molecule has 0 aliphatic heterocycles. The normalized spacial score (nSPS) is 10.0. The first-order chi connectivity index (χ1) is 14.3. The van der Waals surface area contributed by atoms with E-state index in [-0.39, 0.29) is 26.4 Å². The summed E-state index contributed by atoms with van der Waals surface area (Å²) >= 11 is 0. The van der Waals surface area contributed by atoms with Crippen LogP contribution in [0.2, 0.25) is 0 Å². The van der Waals surface area contributed by atoms with Crippen LogP contribution in [-0.2, 0) is 51.3 Å². The quantitative estimate of drug-likeness (QED) is 0.277. The molecule has 0 amide bonds. The minimum absolute atomic E-state index is 0.166. The Morgan fingerprint density at radius 1 is 0.633 bits per heavy atom. The van der Waals surface area contributed by atoms with Gasteiger partial charge in [0.15, 0.2) is 0 Å². The molecular formula is C20H26O10. The number of hydrogen-bond acceptors (Lipinski definition) is 10. The van der Waals surface area contributed by atoms with Gasteiger partial charge >= 0.3 is 23.9 Å². The van der Waals surface area contributed by atoms with Crippen molar-refractivity contribution in [2.75, 3.05) is 27.4 Å². The third-order valence-electron chi connectivity index (χ3n) is 3.65. The van der Waals surface area contributed by atoms with Crippen LogP contribution < -0.4 is 9.47 Å².